The van der Waals surface area contributed by atoms with E-state index in [0.717, 1.165) is 50.0 Å². The number of nitrogens with two attached hydrogens (primary N) is 1. The molecule has 2 unspecified atom stereocenters. The predicted octanol–water partition coefficient (Wildman–Crippen LogP) is 2.60. The van der Waals surface area contributed by atoms with Crippen LogP contribution in [0.1, 0.15) is 50.0 Å². The molecule has 2 aliphatic carbocycles. The number of carbonyl (C=O) groups is 1. The van der Waals surface area contributed by atoms with Crippen molar-refractivity contribution in [3.8, 4) is 0 Å². The summed E-state index contributed by atoms with van der Waals surface area (Å²) >= 11 is 0. The molecule has 1 aromatic heterocycles. The van der Waals surface area contributed by atoms with Crippen LogP contribution in [0.15, 0.2) is 16.5 Å². The minimum atomic E-state index is 0.121. The van der Waals surface area contributed by atoms with Crippen LogP contribution in [0.5, 0.6) is 0 Å². The molecule has 2 fully saturated rings. The summed E-state index contributed by atoms with van der Waals surface area (Å²) in [5, 5.41) is 0. The zero-order chi connectivity index (χ0) is 14.1. The van der Waals surface area contributed by atoms with E-state index in [4.69, 9.17) is 10.2 Å². The fourth-order valence-electron chi connectivity index (χ4n) is 3.20. The molecule has 0 saturated heterocycles. The van der Waals surface area contributed by atoms with Crippen molar-refractivity contribution in [2.75, 3.05) is 0 Å². The molecule has 0 radical (unpaired) electrons. The lowest BCUT2D eigenvalue weighted by Gasteiger charge is -2.31. The predicted molar refractivity (Wildman–Crippen MR) is 77.0 cm³/mol. The molecule has 1 amide bonds. The van der Waals surface area contributed by atoms with Gasteiger partial charge in [0.25, 0.3) is 0 Å². The summed E-state index contributed by atoms with van der Waals surface area (Å²) in [7, 11) is 0. The maximum absolute atomic E-state index is 12.8. The van der Waals surface area contributed by atoms with Crippen LogP contribution < -0.4 is 5.73 Å². The Morgan fingerprint density at radius 1 is 1.35 bits per heavy atom. The highest BCUT2D eigenvalue weighted by Gasteiger charge is 2.37. The summed E-state index contributed by atoms with van der Waals surface area (Å²) in [6, 6.07) is 4.56. The van der Waals surface area contributed by atoms with E-state index < -0.39 is 0 Å². The normalized spacial score (nSPS) is 26.5. The number of nitrogens with zero attached hydrogens (tertiary/aromatic N) is 1. The van der Waals surface area contributed by atoms with E-state index in [9.17, 15) is 4.79 Å². The molecule has 2 N–H and O–H groups in total. The van der Waals surface area contributed by atoms with Gasteiger partial charge in [-0.05, 0) is 51.2 Å². The van der Waals surface area contributed by atoms with Crippen molar-refractivity contribution in [2.45, 2.75) is 64.1 Å². The zero-order valence-corrected chi connectivity index (χ0v) is 12.2. The fraction of sp³-hybridized carbons (Fsp3) is 0.688. The molecule has 0 spiro atoms. The van der Waals surface area contributed by atoms with Crippen molar-refractivity contribution in [1.29, 1.82) is 0 Å². The second kappa shape index (κ2) is 5.60. The van der Waals surface area contributed by atoms with Gasteiger partial charge in [0.15, 0.2) is 0 Å². The number of furan rings is 1. The van der Waals surface area contributed by atoms with Gasteiger partial charge in [-0.15, -0.1) is 0 Å². The average Bonchev–Trinajstić information content (AvgIpc) is 3.19. The van der Waals surface area contributed by atoms with E-state index >= 15 is 0 Å². The molecule has 0 bridgehead atoms. The maximum Gasteiger partial charge on any atom is 0.226 e. The van der Waals surface area contributed by atoms with Crippen molar-refractivity contribution in [3.63, 3.8) is 0 Å². The van der Waals surface area contributed by atoms with Gasteiger partial charge in [0.1, 0.15) is 11.5 Å². The monoisotopic (exact) mass is 276 g/mol. The quantitative estimate of drug-likeness (QED) is 0.919. The maximum atomic E-state index is 12.8. The van der Waals surface area contributed by atoms with E-state index in [1.807, 2.05) is 24.0 Å². The van der Waals surface area contributed by atoms with Crippen LogP contribution in [0.2, 0.25) is 0 Å². The summed E-state index contributed by atoms with van der Waals surface area (Å²) < 4.78 is 5.63. The Kier molecular flexibility index (Phi) is 3.83. The van der Waals surface area contributed by atoms with Gasteiger partial charge in [-0.1, -0.05) is 6.42 Å². The third-order valence-corrected chi connectivity index (χ3v) is 4.46. The minimum absolute atomic E-state index is 0.121. The molecular formula is C16H24N2O2. The minimum Gasteiger partial charge on any atom is -0.464 e. The summed E-state index contributed by atoms with van der Waals surface area (Å²) in [6.07, 6.45) is 6.24. The van der Waals surface area contributed by atoms with Crippen LogP contribution in [-0.2, 0) is 11.3 Å². The Balaban J connectivity index is 1.68. The number of hydrogen-bond acceptors (Lipinski definition) is 3. The van der Waals surface area contributed by atoms with E-state index in [0.29, 0.717) is 12.6 Å². The van der Waals surface area contributed by atoms with Crippen LogP contribution in [0.25, 0.3) is 0 Å². The van der Waals surface area contributed by atoms with E-state index in [-0.39, 0.29) is 17.9 Å². The molecule has 4 nitrogen and oxygen atoms in total. The number of amides is 1. The van der Waals surface area contributed by atoms with Gasteiger partial charge in [0.2, 0.25) is 5.91 Å². The Labute approximate surface area is 120 Å². The smallest absolute Gasteiger partial charge is 0.226 e. The van der Waals surface area contributed by atoms with E-state index in [1.165, 1.54) is 0 Å². The standard InChI is InChI=1S/C16H24N2O2/c1-11-5-8-15(20-11)10-18(14-6-7-14)16(19)12-3-2-4-13(17)9-12/h5,8,12-14H,2-4,6-7,9-10,17H2,1H3. The Morgan fingerprint density at radius 2 is 2.15 bits per heavy atom. The van der Waals surface area contributed by atoms with Gasteiger partial charge < -0.3 is 15.1 Å². The van der Waals surface area contributed by atoms with Crippen molar-refractivity contribution < 1.29 is 9.21 Å². The summed E-state index contributed by atoms with van der Waals surface area (Å²) in [5.74, 6) is 2.21. The van der Waals surface area contributed by atoms with Gasteiger partial charge in [0, 0.05) is 18.0 Å². The van der Waals surface area contributed by atoms with Gasteiger partial charge in [-0.3, -0.25) is 4.79 Å². The zero-order valence-electron chi connectivity index (χ0n) is 12.2. The molecule has 4 heteroatoms. The number of rotatable bonds is 4. The van der Waals surface area contributed by atoms with Crippen LogP contribution in [0.3, 0.4) is 0 Å². The van der Waals surface area contributed by atoms with Gasteiger partial charge in [-0.25, -0.2) is 0 Å². The highest BCUT2D eigenvalue weighted by molar-refractivity contribution is 5.79. The van der Waals surface area contributed by atoms with Gasteiger partial charge >= 0.3 is 0 Å². The molecule has 0 aromatic carbocycles. The number of hydrogen-bond donors (Lipinski definition) is 1. The molecule has 110 valence electrons. The highest BCUT2D eigenvalue weighted by atomic mass is 16.3. The van der Waals surface area contributed by atoms with Crippen molar-refractivity contribution in [1.82, 2.24) is 4.90 Å². The first kappa shape index (κ1) is 13.7. The summed E-state index contributed by atoms with van der Waals surface area (Å²) in [6.45, 7) is 2.55. The second-order valence-electron chi connectivity index (χ2n) is 6.33. The Morgan fingerprint density at radius 3 is 2.75 bits per heavy atom. The van der Waals surface area contributed by atoms with Crippen LogP contribution in [0.4, 0.5) is 0 Å². The third-order valence-electron chi connectivity index (χ3n) is 4.46. The molecule has 1 heterocycles. The first-order valence-electron chi connectivity index (χ1n) is 7.75. The van der Waals surface area contributed by atoms with Crippen molar-refractivity contribution in [2.24, 2.45) is 11.7 Å². The Bertz CT molecular complexity index is 479. The van der Waals surface area contributed by atoms with Gasteiger partial charge in [-0.2, -0.15) is 0 Å². The number of carbonyl (C=O) groups excluding carboxylic acids is 1. The van der Waals surface area contributed by atoms with Gasteiger partial charge in [0.05, 0.1) is 6.54 Å². The van der Waals surface area contributed by atoms with E-state index in [2.05, 4.69) is 0 Å². The first-order chi connectivity index (χ1) is 9.63. The fourth-order valence-corrected chi connectivity index (χ4v) is 3.20. The number of aryl methyl sites for hydroxylation is 1. The molecule has 2 aliphatic rings. The topological polar surface area (TPSA) is 59.5 Å². The largest absolute Gasteiger partial charge is 0.464 e. The van der Waals surface area contributed by atoms with Crippen LogP contribution >= 0.6 is 0 Å². The first-order valence-corrected chi connectivity index (χ1v) is 7.75. The average molecular weight is 276 g/mol. The van der Waals surface area contributed by atoms with Crippen LogP contribution in [-0.4, -0.2) is 22.9 Å². The molecule has 3 rings (SSSR count). The third kappa shape index (κ3) is 3.06. The highest BCUT2D eigenvalue weighted by Crippen LogP contribution is 2.33. The molecule has 2 saturated carbocycles. The molecular weight excluding hydrogens is 252 g/mol. The molecule has 2 atom stereocenters. The van der Waals surface area contributed by atoms with Crippen LogP contribution in [0, 0.1) is 12.8 Å². The van der Waals surface area contributed by atoms with E-state index in [1.54, 1.807) is 0 Å². The second-order valence-corrected chi connectivity index (χ2v) is 6.33. The lowest BCUT2D eigenvalue weighted by molar-refractivity contribution is -0.138. The molecule has 0 aliphatic heterocycles. The van der Waals surface area contributed by atoms with Crippen molar-refractivity contribution in [3.05, 3.63) is 23.7 Å². The Hall–Kier alpha value is -1.29. The molecule has 1 aromatic rings. The molecule has 20 heavy (non-hydrogen) atoms. The lowest BCUT2D eigenvalue weighted by atomic mass is 9.85. The summed E-state index contributed by atoms with van der Waals surface area (Å²) in [5.41, 5.74) is 6.02. The SMILES string of the molecule is Cc1ccc(CN(C(=O)C2CCCC(N)C2)C2CC2)o1. The summed E-state index contributed by atoms with van der Waals surface area (Å²) in [4.78, 5) is 14.8. The lowest BCUT2D eigenvalue weighted by Crippen LogP contribution is -2.41. The van der Waals surface area contributed by atoms with Crippen molar-refractivity contribution >= 4 is 5.91 Å².